The van der Waals surface area contributed by atoms with Crippen LogP contribution in [0, 0.1) is 0 Å². The maximum atomic E-state index is 12.2. The van der Waals surface area contributed by atoms with Crippen LogP contribution >= 0.6 is 0 Å². The monoisotopic (exact) mass is 291 g/mol. The lowest BCUT2D eigenvalue weighted by Crippen LogP contribution is -2.49. The number of aliphatic hydroxyl groups is 1. The maximum Gasteiger partial charge on any atom is 0.236 e. The highest BCUT2D eigenvalue weighted by atomic mass is 16.3. The van der Waals surface area contributed by atoms with E-state index in [1.807, 2.05) is 35.2 Å². The van der Waals surface area contributed by atoms with E-state index in [9.17, 15) is 9.90 Å². The zero-order valence-corrected chi connectivity index (χ0v) is 12.7. The van der Waals surface area contributed by atoms with Crippen molar-refractivity contribution >= 4 is 5.91 Å². The number of piperazine rings is 1. The maximum absolute atomic E-state index is 12.2. The van der Waals surface area contributed by atoms with E-state index >= 15 is 0 Å². The molecule has 1 aliphatic heterocycles. The summed E-state index contributed by atoms with van der Waals surface area (Å²) in [6.07, 6.45) is 0.611. The van der Waals surface area contributed by atoms with Crippen molar-refractivity contribution < 1.29 is 9.90 Å². The van der Waals surface area contributed by atoms with Gasteiger partial charge >= 0.3 is 0 Å². The second-order valence-corrected chi connectivity index (χ2v) is 5.54. The third-order valence-corrected chi connectivity index (χ3v) is 3.98. The van der Waals surface area contributed by atoms with Gasteiger partial charge in [0.25, 0.3) is 0 Å². The summed E-state index contributed by atoms with van der Waals surface area (Å²) in [6, 6.07) is 9.98. The standard InChI is InChI=1S/C16H25N3O2/c1-18-8-10-19(11-9-18)16(21)13-17-15(7-12-20)14-5-3-2-4-6-14/h2-6,15,17,20H,7-13H2,1H3. The van der Waals surface area contributed by atoms with Gasteiger partial charge in [-0.1, -0.05) is 30.3 Å². The molecule has 1 aromatic rings. The Bertz CT molecular complexity index is 430. The minimum Gasteiger partial charge on any atom is -0.396 e. The van der Waals surface area contributed by atoms with Crippen molar-refractivity contribution in [3.8, 4) is 0 Å². The first-order chi connectivity index (χ1) is 10.2. The predicted octanol–water partition coefficient (Wildman–Crippen LogP) is 0.474. The van der Waals surface area contributed by atoms with Crippen molar-refractivity contribution in [3.05, 3.63) is 35.9 Å². The normalized spacial score (nSPS) is 17.7. The molecule has 0 saturated carbocycles. The number of hydrogen-bond donors (Lipinski definition) is 2. The number of nitrogens with one attached hydrogen (secondary N) is 1. The summed E-state index contributed by atoms with van der Waals surface area (Å²) < 4.78 is 0. The molecule has 0 bridgehead atoms. The number of amides is 1. The zero-order valence-electron chi connectivity index (χ0n) is 12.7. The second-order valence-electron chi connectivity index (χ2n) is 5.54. The van der Waals surface area contributed by atoms with Gasteiger partial charge in [-0.3, -0.25) is 4.79 Å². The van der Waals surface area contributed by atoms with Crippen molar-refractivity contribution in [1.82, 2.24) is 15.1 Å². The van der Waals surface area contributed by atoms with Gasteiger partial charge in [-0.15, -0.1) is 0 Å². The predicted molar refractivity (Wildman–Crippen MR) is 83.0 cm³/mol. The zero-order chi connectivity index (χ0) is 15.1. The third kappa shape index (κ3) is 4.81. The summed E-state index contributed by atoms with van der Waals surface area (Å²) in [7, 11) is 2.08. The average Bonchev–Trinajstić information content (AvgIpc) is 2.52. The molecule has 5 nitrogen and oxygen atoms in total. The first-order valence-electron chi connectivity index (χ1n) is 7.56. The molecule has 1 heterocycles. The fourth-order valence-corrected chi connectivity index (χ4v) is 2.58. The Labute approximate surface area is 126 Å². The number of carbonyl (C=O) groups excluding carboxylic acids is 1. The molecule has 1 aromatic carbocycles. The van der Waals surface area contributed by atoms with Crippen molar-refractivity contribution in [1.29, 1.82) is 0 Å². The number of hydrogen-bond acceptors (Lipinski definition) is 4. The molecular formula is C16H25N3O2. The Kier molecular flexibility index (Phi) is 6.17. The van der Waals surface area contributed by atoms with Gasteiger partial charge in [-0.25, -0.2) is 0 Å². The Hall–Kier alpha value is -1.43. The first-order valence-corrected chi connectivity index (χ1v) is 7.56. The lowest BCUT2D eigenvalue weighted by atomic mass is 10.0. The molecule has 1 saturated heterocycles. The summed E-state index contributed by atoms with van der Waals surface area (Å²) in [5.74, 6) is 0.141. The molecule has 0 aromatic heterocycles. The van der Waals surface area contributed by atoms with Crippen molar-refractivity contribution in [2.45, 2.75) is 12.5 Å². The van der Waals surface area contributed by atoms with Crippen LogP contribution in [0.3, 0.4) is 0 Å². The summed E-state index contributed by atoms with van der Waals surface area (Å²) in [6.45, 7) is 3.90. The molecule has 2 rings (SSSR count). The number of rotatable bonds is 6. The van der Waals surface area contributed by atoms with Crippen LogP contribution in [0.4, 0.5) is 0 Å². The number of carbonyl (C=O) groups is 1. The number of benzene rings is 1. The van der Waals surface area contributed by atoms with E-state index in [4.69, 9.17) is 0 Å². The largest absolute Gasteiger partial charge is 0.396 e. The molecule has 2 N–H and O–H groups in total. The van der Waals surface area contributed by atoms with Crippen LogP contribution in [-0.4, -0.2) is 67.2 Å². The molecule has 21 heavy (non-hydrogen) atoms. The van der Waals surface area contributed by atoms with Gasteiger partial charge in [0, 0.05) is 38.8 Å². The van der Waals surface area contributed by atoms with E-state index in [1.165, 1.54) is 0 Å². The molecule has 5 heteroatoms. The molecule has 1 amide bonds. The fourth-order valence-electron chi connectivity index (χ4n) is 2.58. The van der Waals surface area contributed by atoms with Crippen LogP contribution in [-0.2, 0) is 4.79 Å². The van der Waals surface area contributed by atoms with Gasteiger partial charge in [-0.05, 0) is 19.0 Å². The highest BCUT2D eigenvalue weighted by Gasteiger charge is 2.20. The molecule has 116 valence electrons. The van der Waals surface area contributed by atoms with Crippen molar-refractivity contribution in [2.75, 3.05) is 46.4 Å². The van der Waals surface area contributed by atoms with Gasteiger partial charge < -0.3 is 20.2 Å². The molecule has 1 atom stereocenters. The van der Waals surface area contributed by atoms with Crippen LogP contribution < -0.4 is 5.32 Å². The van der Waals surface area contributed by atoms with E-state index in [0.717, 1.165) is 31.7 Å². The summed E-state index contributed by atoms with van der Waals surface area (Å²) in [4.78, 5) is 16.4. The van der Waals surface area contributed by atoms with Crippen molar-refractivity contribution in [3.63, 3.8) is 0 Å². The summed E-state index contributed by atoms with van der Waals surface area (Å²) >= 11 is 0. The van der Waals surface area contributed by atoms with E-state index in [1.54, 1.807) is 0 Å². The number of nitrogens with zero attached hydrogens (tertiary/aromatic N) is 2. The highest BCUT2D eigenvalue weighted by Crippen LogP contribution is 2.15. The molecule has 0 aliphatic carbocycles. The Morgan fingerprint density at radius 2 is 1.90 bits per heavy atom. The third-order valence-electron chi connectivity index (χ3n) is 3.98. The van der Waals surface area contributed by atoms with Gasteiger partial charge in [0.1, 0.15) is 0 Å². The summed E-state index contributed by atoms with van der Waals surface area (Å²) in [5, 5.41) is 12.5. The SMILES string of the molecule is CN1CCN(C(=O)CNC(CCO)c2ccccc2)CC1. The molecule has 1 aliphatic rings. The Morgan fingerprint density at radius 1 is 1.24 bits per heavy atom. The average molecular weight is 291 g/mol. The van der Waals surface area contributed by atoms with E-state index in [-0.39, 0.29) is 18.6 Å². The molecule has 1 unspecified atom stereocenters. The molecule has 0 radical (unpaired) electrons. The minimum atomic E-state index is 0.0209. The number of likely N-dealkylation sites (N-methyl/N-ethyl adjacent to an activating group) is 1. The Morgan fingerprint density at radius 3 is 2.52 bits per heavy atom. The first kappa shape index (κ1) is 15.9. The minimum absolute atomic E-state index is 0.0209. The van der Waals surface area contributed by atoms with Gasteiger partial charge in [0.2, 0.25) is 5.91 Å². The summed E-state index contributed by atoms with van der Waals surface area (Å²) in [5.41, 5.74) is 1.11. The van der Waals surface area contributed by atoms with Crippen molar-refractivity contribution in [2.24, 2.45) is 0 Å². The van der Waals surface area contributed by atoms with Gasteiger partial charge in [0.05, 0.1) is 6.54 Å². The van der Waals surface area contributed by atoms with E-state index < -0.39 is 0 Å². The molecule has 0 spiro atoms. The quantitative estimate of drug-likeness (QED) is 0.800. The van der Waals surface area contributed by atoms with Crippen LogP contribution in [0.25, 0.3) is 0 Å². The topological polar surface area (TPSA) is 55.8 Å². The lowest BCUT2D eigenvalue weighted by molar-refractivity contribution is -0.131. The van der Waals surface area contributed by atoms with Crippen LogP contribution in [0.1, 0.15) is 18.0 Å². The lowest BCUT2D eigenvalue weighted by Gasteiger charge is -2.33. The smallest absolute Gasteiger partial charge is 0.236 e. The second kappa shape index (κ2) is 8.12. The highest BCUT2D eigenvalue weighted by molar-refractivity contribution is 5.78. The van der Waals surface area contributed by atoms with E-state index in [2.05, 4.69) is 17.3 Å². The van der Waals surface area contributed by atoms with Gasteiger partial charge in [-0.2, -0.15) is 0 Å². The fraction of sp³-hybridized carbons (Fsp3) is 0.562. The van der Waals surface area contributed by atoms with E-state index in [0.29, 0.717) is 13.0 Å². The van der Waals surface area contributed by atoms with Gasteiger partial charge in [0.15, 0.2) is 0 Å². The molecule has 1 fully saturated rings. The molecular weight excluding hydrogens is 266 g/mol. The van der Waals surface area contributed by atoms with Crippen LogP contribution in [0.5, 0.6) is 0 Å². The Balaban J connectivity index is 1.85. The van der Waals surface area contributed by atoms with Crippen LogP contribution in [0.2, 0.25) is 0 Å². The van der Waals surface area contributed by atoms with Crippen LogP contribution in [0.15, 0.2) is 30.3 Å². The number of aliphatic hydroxyl groups excluding tert-OH is 1.